The van der Waals surface area contributed by atoms with Gasteiger partial charge in [-0.05, 0) is 50.3 Å². The van der Waals surface area contributed by atoms with Crippen LogP contribution in [0.25, 0.3) is 0 Å². The molecule has 1 N–H and O–H groups in total. The Balaban J connectivity index is 1.30. The van der Waals surface area contributed by atoms with Crippen molar-refractivity contribution in [1.82, 2.24) is 10.2 Å². The molecule has 0 radical (unpaired) electrons. The number of amides is 2. The van der Waals surface area contributed by atoms with E-state index in [0.29, 0.717) is 36.1 Å². The summed E-state index contributed by atoms with van der Waals surface area (Å²) < 4.78 is 6.53. The van der Waals surface area contributed by atoms with Crippen molar-refractivity contribution in [3.63, 3.8) is 0 Å². The summed E-state index contributed by atoms with van der Waals surface area (Å²) in [6.07, 6.45) is 4.84. The quantitative estimate of drug-likeness (QED) is 0.653. The first-order chi connectivity index (χ1) is 12.5. The van der Waals surface area contributed by atoms with Gasteiger partial charge in [0.25, 0.3) is 0 Å². The Morgan fingerprint density at radius 1 is 1.23 bits per heavy atom. The molecular formula is C19H24BrClN2O3. The molecule has 2 aliphatic rings. The van der Waals surface area contributed by atoms with Gasteiger partial charge in [-0.25, -0.2) is 0 Å². The van der Waals surface area contributed by atoms with Crippen LogP contribution < -0.4 is 10.1 Å². The van der Waals surface area contributed by atoms with E-state index in [0.717, 1.165) is 43.2 Å². The van der Waals surface area contributed by atoms with Crippen LogP contribution in [-0.4, -0.2) is 42.5 Å². The number of hydrogen-bond donors (Lipinski definition) is 1. The Bertz CT molecular complexity index is 658. The number of ether oxygens (including phenoxy) is 1. The number of hydrogen-bond acceptors (Lipinski definition) is 3. The Kier molecular flexibility index (Phi) is 6.81. The molecule has 0 unspecified atom stereocenters. The standard InChI is InChI=1S/C19H24BrClN2O3/c20-14-5-6-17(16(21)12-14)26-11-1-2-18(24)22-15-7-9-23(10-8-15)19(25)13-3-4-13/h5-6,12-13,15H,1-4,7-11H2,(H,22,24). The molecule has 2 amide bonds. The third kappa shape index (κ3) is 5.61. The van der Waals surface area contributed by atoms with E-state index in [4.69, 9.17) is 16.3 Å². The van der Waals surface area contributed by atoms with Crippen molar-refractivity contribution in [3.05, 3.63) is 27.7 Å². The van der Waals surface area contributed by atoms with Gasteiger partial charge in [-0.2, -0.15) is 0 Å². The summed E-state index contributed by atoms with van der Waals surface area (Å²) in [6.45, 7) is 1.96. The minimum absolute atomic E-state index is 0.0440. The minimum Gasteiger partial charge on any atom is -0.492 e. The molecule has 1 aromatic carbocycles. The second-order valence-electron chi connectivity index (χ2n) is 6.97. The highest BCUT2D eigenvalue weighted by Gasteiger charge is 2.35. The zero-order chi connectivity index (χ0) is 18.5. The Labute approximate surface area is 167 Å². The van der Waals surface area contributed by atoms with Gasteiger partial charge in [-0.15, -0.1) is 0 Å². The van der Waals surface area contributed by atoms with E-state index in [1.54, 1.807) is 6.07 Å². The number of benzene rings is 1. The molecule has 26 heavy (non-hydrogen) atoms. The maximum atomic E-state index is 12.1. The minimum atomic E-state index is 0.0440. The lowest BCUT2D eigenvalue weighted by Crippen LogP contribution is -2.47. The van der Waals surface area contributed by atoms with Crippen LogP contribution in [0.4, 0.5) is 0 Å². The van der Waals surface area contributed by atoms with Crippen LogP contribution in [0.5, 0.6) is 5.75 Å². The Morgan fingerprint density at radius 2 is 1.96 bits per heavy atom. The molecule has 3 rings (SSSR count). The fourth-order valence-corrected chi connectivity index (χ4v) is 3.87. The number of halogens is 2. The summed E-state index contributed by atoms with van der Waals surface area (Å²) in [5, 5.41) is 3.63. The molecule has 2 fully saturated rings. The van der Waals surface area contributed by atoms with E-state index in [1.165, 1.54) is 0 Å². The van der Waals surface area contributed by atoms with E-state index in [-0.39, 0.29) is 17.9 Å². The number of nitrogens with one attached hydrogen (secondary N) is 1. The maximum Gasteiger partial charge on any atom is 0.225 e. The van der Waals surface area contributed by atoms with Gasteiger partial charge in [0.05, 0.1) is 11.6 Å². The average molecular weight is 444 g/mol. The van der Waals surface area contributed by atoms with Crippen LogP contribution in [0.1, 0.15) is 38.5 Å². The molecule has 1 aliphatic heterocycles. The van der Waals surface area contributed by atoms with Crippen LogP contribution >= 0.6 is 27.5 Å². The number of piperidine rings is 1. The van der Waals surface area contributed by atoms with Gasteiger partial charge in [-0.1, -0.05) is 27.5 Å². The first-order valence-corrected chi connectivity index (χ1v) is 10.4. The Hall–Kier alpha value is -1.27. The molecule has 1 saturated carbocycles. The lowest BCUT2D eigenvalue weighted by molar-refractivity contribution is -0.133. The molecule has 142 valence electrons. The van der Waals surface area contributed by atoms with Crippen molar-refractivity contribution in [2.75, 3.05) is 19.7 Å². The molecule has 7 heteroatoms. The van der Waals surface area contributed by atoms with Crippen molar-refractivity contribution in [3.8, 4) is 5.75 Å². The molecule has 1 aliphatic carbocycles. The largest absolute Gasteiger partial charge is 0.492 e. The molecule has 0 spiro atoms. The van der Waals surface area contributed by atoms with Crippen molar-refractivity contribution >= 4 is 39.3 Å². The van der Waals surface area contributed by atoms with Crippen molar-refractivity contribution in [1.29, 1.82) is 0 Å². The fraction of sp³-hybridized carbons (Fsp3) is 0.579. The summed E-state index contributed by atoms with van der Waals surface area (Å²) in [7, 11) is 0. The van der Waals surface area contributed by atoms with Gasteiger partial charge < -0.3 is 15.0 Å². The summed E-state index contributed by atoms with van der Waals surface area (Å²) in [5.74, 6) is 1.25. The highest BCUT2D eigenvalue weighted by atomic mass is 79.9. The number of nitrogens with zero attached hydrogens (tertiary/aromatic N) is 1. The average Bonchev–Trinajstić information content (AvgIpc) is 3.45. The third-order valence-corrected chi connectivity index (χ3v) is 5.59. The van der Waals surface area contributed by atoms with Gasteiger partial charge >= 0.3 is 0 Å². The van der Waals surface area contributed by atoms with Crippen LogP contribution in [0, 0.1) is 5.92 Å². The first kappa shape index (κ1) is 19.5. The van der Waals surface area contributed by atoms with Crippen LogP contribution in [0.15, 0.2) is 22.7 Å². The summed E-state index contributed by atoms with van der Waals surface area (Å²) in [5.41, 5.74) is 0. The molecule has 1 aromatic rings. The van der Waals surface area contributed by atoms with E-state index in [1.807, 2.05) is 17.0 Å². The van der Waals surface area contributed by atoms with E-state index < -0.39 is 0 Å². The van der Waals surface area contributed by atoms with Crippen LogP contribution in [0.2, 0.25) is 5.02 Å². The van der Waals surface area contributed by atoms with Gasteiger partial charge in [-0.3, -0.25) is 9.59 Å². The number of rotatable bonds is 7. The predicted molar refractivity (Wildman–Crippen MR) is 104 cm³/mol. The summed E-state index contributed by atoms with van der Waals surface area (Å²) in [4.78, 5) is 26.1. The first-order valence-electron chi connectivity index (χ1n) is 9.19. The number of likely N-dealkylation sites (tertiary alicyclic amines) is 1. The van der Waals surface area contributed by atoms with Crippen LogP contribution in [0.3, 0.4) is 0 Å². The molecule has 1 heterocycles. The second-order valence-corrected chi connectivity index (χ2v) is 8.29. The lowest BCUT2D eigenvalue weighted by Gasteiger charge is -2.32. The molecule has 0 aromatic heterocycles. The van der Waals surface area contributed by atoms with Crippen molar-refractivity contribution < 1.29 is 14.3 Å². The molecule has 1 saturated heterocycles. The fourth-order valence-electron chi connectivity index (χ4n) is 3.14. The summed E-state index contributed by atoms with van der Waals surface area (Å²) >= 11 is 9.45. The van der Waals surface area contributed by atoms with Gasteiger partial charge in [0.15, 0.2) is 0 Å². The van der Waals surface area contributed by atoms with Gasteiger partial charge in [0.1, 0.15) is 5.75 Å². The maximum absolute atomic E-state index is 12.1. The zero-order valence-electron chi connectivity index (χ0n) is 14.7. The van der Waals surface area contributed by atoms with Gasteiger partial charge in [0, 0.05) is 35.9 Å². The highest BCUT2D eigenvalue weighted by molar-refractivity contribution is 9.10. The van der Waals surface area contributed by atoms with E-state index in [9.17, 15) is 9.59 Å². The zero-order valence-corrected chi connectivity index (χ0v) is 17.0. The number of carbonyl (C=O) groups excluding carboxylic acids is 2. The lowest BCUT2D eigenvalue weighted by atomic mass is 10.0. The molecule has 5 nitrogen and oxygen atoms in total. The van der Waals surface area contributed by atoms with Crippen LogP contribution in [-0.2, 0) is 9.59 Å². The molecule has 0 atom stereocenters. The second kappa shape index (κ2) is 9.09. The molecular weight excluding hydrogens is 420 g/mol. The monoisotopic (exact) mass is 442 g/mol. The topological polar surface area (TPSA) is 58.6 Å². The SMILES string of the molecule is O=C(CCCOc1ccc(Br)cc1Cl)NC1CCN(C(=O)C2CC2)CC1. The van der Waals surface area contributed by atoms with Crippen molar-refractivity contribution in [2.24, 2.45) is 5.92 Å². The molecule has 0 bridgehead atoms. The normalized spacial score (nSPS) is 17.8. The smallest absolute Gasteiger partial charge is 0.225 e. The summed E-state index contributed by atoms with van der Waals surface area (Å²) in [6, 6.07) is 5.63. The Morgan fingerprint density at radius 3 is 2.62 bits per heavy atom. The van der Waals surface area contributed by atoms with Gasteiger partial charge in [0.2, 0.25) is 11.8 Å². The highest BCUT2D eigenvalue weighted by Crippen LogP contribution is 2.32. The number of carbonyl (C=O) groups is 2. The van der Waals surface area contributed by atoms with E-state index in [2.05, 4.69) is 21.2 Å². The van der Waals surface area contributed by atoms with Crippen molar-refractivity contribution in [2.45, 2.75) is 44.6 Å². The predicted octanol–water partition coefficient (Wildman–Crippen LogP) is 3.78. The van der Waals surface area contributed by atoms with E-state index >= 15 is 0 Å². The third-order valence-electron chi connectivity index (χ3n) is 4.80.